The van der Waals surface area contributed by atoms with Crippen LogP contribution in [0.15, 0.2) is 109 Å². The maximum atomic E-state index is 15.4. The molecule has 0 aromatic heterocycles. The molecule has 0 aliphatic heterocycles. The number of amides is 2. The lowest BCUT2D eigenvalue weighted by Gasteiger charge is -2.33. The zero-order valence-corrected chi connectivity index (χ0v) is 31.4. The van der Waals surface area contributed by atoms with Crippen LogP contribution in [0.2, 0.25) is 0 Å². The second kappa shape index (κ2) is 15.2. The van der Waals surface area contributed by atoms with E-state index < -0.39 is 5.67 Å². The van der Waals surface area contributed by atoms with Crippen molar-refractivity contribution in [2.75, 3.05) is 13.1 Å². The molecule has 0 bridgehead atoms. The summed E-state index contributed by atoms with van der Waals surface area (Å²) in [6.45, 7) is 19.6. The molecular weight excluding hydrogens is 632 g/mol. The van der Waals surface area contributed by atoms with Crippen LogP contribution in [-0.4, -0.2) is 30.6 Å². The van der Waals surface area contributed by atoms with Gasteiger partial charge in [0.1, 0.15) is 0 Å². The fourth-order valence-corrected chi connectivity index (χ4v) is 6.80. The minimum atomic E-state index is -1.60. The Bertz CT molecular complexity index is 1920. The standard InChI is InChI=1S/C23H26FNO.C23H27NO/c1-16-20-8-6-5-7-17(20)13-14-23(16,24)15-25-21(26)18-9-11-19(12-10-18)22(2,3)4;1-16-19(10-9-17-7-5-6-8-21(16)17)15-24-22(25)18-11-13-20(14-12-18)23(2,3)4/h5-12H,1,13-15H2,2-4H3,(H,25,26);5-8,11-14H,9-10,15H2,1-4H3,(H,24,25). The highest BCUT2D eigenvalue weighted by Gasteiger charge is 2.38. The molecule has 2 aliphatic rings. The second-order valence-corrected chi connectivity index (χ2v) is 16.0. The normalized spacial score (nSPS) is 17.1. The molecule has 4 aromatic carbocycles. The monoisotopic (exact) mass is 684 g/mol. The van der Waals surface area contributed by atoms with Crippen LogP contribution >= 0.6 is 0 Å². The maximum absolute atomic E-state index is 15.4. The summed E-state index contributed by atoms with van der Waals surface area (Å²) in [5.74, 6) is -0.256. The molecule has 0 saturated carbocycles. The first kappa shape index (κ1) is 37.5. The van der Waals surface area contributed by atoms with Gasteiger partial charge in [0, 0.05) is 17.7 Å². The van der Waals surface area contributed by atoms with E-state index >= 15 is 4.39 Å². The number of nitrogens with one attached hydrogen (secondary N) is 2. The molecule has 2 aliphatic carbocycles. The smallest absolute Gasteiger partial charge is 0.251 e. The van der Waals surface area contributed by atoms with Gasteiger partial charge in [-0.1, -0.05) is 121 Å². The number of allylic oxidation sites excluding steroid dienone is 1. The number of rotatable bonds is 6. The lowest BCUT2D eigenvalue weighted by atomic mass is 9.78. The topological polar surface area (TPSA) is 58.2 Å². The van der Waals surface area contributed by atoms with E-state index in [1.54, 1.807) is 12.1 Å². The Hall–Kier alpha value is -4.77. The van der Waals surface area contributed by atoms with E-state index in [2.05, 4.69) is 102 Å². The van der Waals surface area contributed by atoms with Gasteiger partial charge in [-0.15, -0.1) is 0 Å². The highest BCUT2D eigenvalue weighted by molar-refractivity contribution is 5.95. The number of fused-ring (bicyclic) bond motifs is 2. The molecule has 1 atom stereocenters. The van der Waals surface area contributed by atoms with Gasteiger partial charge in [0.25, 0.3) is 11.8 Å². The molecule has 0 radical (unpaired) electrons. The number of carbonyl (C=O) groups excluding carboxylic acids is 2. The predicted molar refractivity (Wildman–Crippen MR) is 210 cm³/mol. The number of carbonyl (C=O) groups is 2. The summed E-state index contributed by atoms with van der Waals surface area (Å²) in [4.78, 5) is 24.9. The van der Waals surface area contributed by atoms with Gasteiger partial charge in [-0.25, -0.2) is 4.39 Å². The first-order valence-electron chi connectivity index (χ1n) is 18.1. The molecule has 2 N–H and O–H groups in total. The van der Waals surface area contributed by atoms with Crippen molar-refractivity contribution in [1.29, 1.82) is 0 Å². The minimum Gasteiger partial charge on any atom is -0.348 e. The van der Waals surface area contributed by atoms with Crippen LogP contribution in [0.4, 0.5) is 4.39 Å². The molecule has 0 spiro atoms. The predicted octanol–water partition coefficient (Wildman–Crippen LogP) is 10.2. The molecule has 0 fully saturated rings. The van der Waals surface area contributed by atoms with Crippen molar-refractivity contribution in [3.05, 3.63) is 154 Å². The van der Waals surface area contributed by atoms with Crippen LogP contribution in [-0.2, 0) is 23.7 Å². The average molecular weight is 685 g/mol. The molecule has 5 heteroatoms. The number of hydrogen-bond acceptors (Lipinski definition) is 2. The highest BCUT2D eigenvalue weighted by Crippen LogP contribution is 2.40. The first-order valence-corrected chi connectivity index (χ1v) is 18.1. The fraction of sp³-hybridized carbons (Fsp3) is 0.348. The highest BCUT2D eigenvalue weighted by atomic mass is 19.1. The maximum Gasteiger partial charge on any atom is 0.251 e. The molecule has 0 saturated heterocycles. The molecule has 1 unspecified atom stereocenters. The molecule has 6 rings (SSSR count). The SMILES string of the molecule is C=C1c2ccccc2CCC1(F)CNC(=O)c1ccc(C(C)(C)C)cc1.CC1=C(CNC(=O)c2ccc(C(C)(C)C)cc2)CCc2ccccc21. The van der Waals surface area contributed by atoms with E-state index in [4.69, 9.17) is 0 Å². The van der Waals surface area contributed by atoms with Gasteiger partial charge in [-0.05, 0) is 118 Å². The summed E-state index contributed by atoms with van der Waals surface area (Å²) in [6.07, 6.45) is 3.07. The van der Waals surface area contributed by atoms with Crippen molar-refractivity contribution < 1.29 is 14.0 Å². The van der Waals surface area contributed by atoms with Gasteiger partial charge < -0.3 is 10.6 Å². The van der Waals surface area contributed by atoms with E-state index in [1.807, 2.05) is 48.5 Å². The van der Waals surface area contributed by atoms with Crippen LogP contribution < -0.4 is 10.6 Å². The Morgan fingerprint density at radius 1 is 0.667 bits per heavy atom. The first-order chi connectivity index (χ1) is 24.1. The van der Waals surface area contributed by atoms with E-state index in [9.17, 15) is 9.59 Å². The molecule has 0 heterocycles. The second-order valence-electron chi connectivity index (χ2n) is 16.0. The minimum absolute atomic E-state index is 0.000354. The van der Waals surface area contributed by atoms with Gasteiger partial charge in [-0.3, -0.25) is 9.59 Å². The van der Waals surface area contributed by atoms with Gasteiger partial charge in [0.05, 0.1) is 6.54 Å². The van der Waals surface area contributed by atoms with Crippen LogP contribution in [0, 0.1) is 0 Å². The van der Waals surface area contributed by atoms with Crippen molar-refractivity contribution >= 4 is 23.0 Å². The van der Waals surface area contributed by atoms with Gasteiger partial charge in [0.2, 0.25) is 0 Å². The van der Waals surface area contributed by atoms with Crippen molar-refractivity contribution in [3.8, 4) is 0 Å². The third-order valence-electron chi connectivity index (χ3n) is 10.3. The molecule has 4 nitrogen and oxygen atoms in total. The molecule has 2 amide bonds. The Balaban J connectivity index is 0.000000198. The summed E-state index contributed by atoms with van der Waals surface area (Å²) in [7, 11) is 0. The molecular formula is C46H53FN2O2. The van der Waals surface area contributed by atoms with Crippen molar-refractivity contribution in [1.82, 2.24) is 10.6 Å². The Morgan fingerprint density at radius 3 is 1.67 bits per heavy atom. The van der Waals surface area contributed by atoms with E-state index in [-0.39, 0.29) is 29.2 Å². The Morgan fingerprint density at radius 2 is 1.14 bits per heavy atom. The summed E-state index contributed by atoms with van der Waals surface area (Å²) < 4.78 is 15.4. The van der Waals surface area contributed by atoms with Crippen LogP contribution in [0.3, 0.4) is 0 Å². The lowest BCUT2D eigenvalue weighted by molar-refractivity contribution is 0.0923. The fourth-order valence-electron chi connectivity index (χ4n) is 6.80. The third-order valence-corrected chi connectivity index (χ3v) is 10.3. The third kappa shape index (κ3) is 8.94. The largest absolute Gasteiger partial charge is 0.348 e. The Labute approximate surface area is 304 Å². The summed E-state index contributed by atoms with van der Waals surface area (Å²) in [6, 6.07) is 31.8. The number of alkyl halides is 1. The van der Waals surface area contributed by atoms with Gasteiger partial charge in [0.15, 0.2) is 5.67 Å². The molecule has 4 aromatic rings. The summed E-state index contributed by atoms with van der Waals surface area (Å²) in [5.41, 5.74) is 10.0. The number of halogens is 1. The van der Waals surface area contributed by atoms with Gasteiger partial charge in [-0.2, -0.15) is 0 Å². The average Bonchev–Trinajstić information content (AvgIpc) is 3.12. The molecule has 266 valence electrons. The van der Waals surface area contributed by atoms with E-state index in [0.717, 1.165) is 35.1 Å². The number of hydrogen-bond donors (Lipinski definition) is 2. The van der Waals surface area contributed by atoms with Gasteiger partial charge >= 0.3 is 0 Å². The Kier molecular flexibility index (Phi) is 11.2. The zero-order chi connectivity index (χ0) is 37.0. The number of aryl methyl sites for hydroxylation is 2. The zero-order valence-electron chi connectivity index (χ0n) is 31.4. The quantitative estimate of drug-likeness (QED) is 0.212. The van der Waals surface area contributed by atoms with Crippen molar-refractivity contribution in [2.45, 2.75) is 90.6 Å². The summed E-state index contributed by atoms with van der Waals surface area (Å²) in [5, 5.41) is 5.85. The van der Waals surface area contributed by atoms with Crippen molar-refractivity contribution in [3.63, 3.8) is 0 Å². The lowest BCUT2D eigenvalue weighted by Crippen LogP contribution is -2.42. The number of benzene rings is 4. The molecule has 51 heavy (non-hydrogen) atoms. The van der Waals surface area contributed by atoms with Crippen molar-refractivity contribution in [2.24, 2.45) is 0 Å². The summed E-state index contributed by atoms with van der Waals surface area (Å²) >= 11 is 0. The van der Waals surface area contributed by atoms with E-state index in [0.29, 0.717) is 30.5 Å². The van der Waals surface area contributed by atoms with Crippen LogP contribution in [0.25, 0.3) is 11.1 Å². The van der Waals surface area contributed by atoms with Crippen LogP contribution in [0.1, 0.15) is 115 Å². The van der Waals surface area contributed by atoms with E-state index in [1.165, 1.54) is 27.8 Å². The van der Waals surface area contributed by atoms with Crippen LogP contribution in [0.5, 0.6) is 0 Å².